The van der Waals surface area contributed by atoms with Crippen molar-refractivity contribution in [3.8, 4) is 11.5 Å². The summed E-state index contributed by atoms with van der Waals surface area (Å²) in [5.74, 6) is -0.824. The second kappa shape index (κ2) is 6.07. The SMILES string of the molecule is COC(=O)c1cncc(Oc2c(Cl)cc(F)cc2Cl)c1. The average molecular weight is 316 g/mol. The molecule has 0 fully saturated rings. The summed E-state index contributed by atoms with van der Waals surface area (Å²) in [7, 11) is 1.25. The molecule has 104 valence electrons. The van der Waals surface area contributed by atoms with Crippen LogP contribution in [0.3, 0.4) is 0 Å². The van der Waals surface area contributed by atoms with E-state index in [0.717, 1.165) is 12.1 Å². The van der Waals surface area contributed by atoms with E-state index in [1.54, 1.807) is 0 Å². The molecule has 0 aliphatic rings. The monoisotopic (exact) mass is 315 g/mol. The number of nitrogens with zero attached hydrogens (tertiary/aromatic N) is 1. The van der Waals surface area contributed by atoms with Crippen LogP contribution in [0.25, 0.3) is 0 Å². The number of carbonyl (C=O) groups is 1. The topological polar surface area (TPSA) is 48.4 Å². The Hall–Kier alpha value is -1.85. The van der Waals surface area contributed by atoms with E-state index in [4.69, 9.17) is 27.9 Å². The number of ether oxygens (including phenoxy) is 2. The van der Waals surface area contributed by atoms with Gasteiger partial charge in [-0.05, 0) is 18.2 Å². The maximum Gasteiger partial charge on any atom is 0.339 e. The minimum absolute atomic E-state index is 0.0125. The van der Waals surface area contributed by atoms with Gasteiger partial charge in [-0.3, -0.25) is 4.98 Å². The highest BCUT2D eigenvalue weighted by Gasteiger charge is 2.13. The van der Waals surface area contributed by atoms with Crippen LogP contribution >= 0.6 is 23.2 Å². The van der Waals surface area contributed by atoms with Gasteiger partial charge in [-0.2, -0.15) is 0 Å². The third kappa shape index (κ3) is 3.18. The van der Waals surface area contributed by atoms with Crippen LogP contribution in [0.2, 0.25) is 10.0 Å². The zero-order valence-corrected chi connectivity index (χ0v) is 11.7. The number of esters is 1. The molecule has 0 N–H and O–H groups in total. The molecule has 0 radical (unpaired) electrons. The van der Waals surface area contributed by atoms with E-state index in [-0.39, 0.29) is 27.1 Å². The molecule has 0 unspecified atom stereocenters. The molecule has 0 aliphatic carbocycles. The first kappa shape index (κ1) is 14.6. The lowest BCUT2D eigenvalue weighted by Gasteiger charge is -2.10. The highest BCUT2D eigenvalue weighted by atomic mass is 35.5. The van der Waals surface area contributed by atoms with Crippen LogP contribution in [-0.2, 0) is 4.74 Å². The zero-order chi connectivity index (χ0) is 14.7. The molecule has 0 atom stereocenters. The van der Waals surface area contributed by atoms with Gasteiger partial charge in [0.2, 0.25) is 0 Å². The molecule has 4 nitrogen and oxygen atoms in total. The lowest BCUT2D eigenvalue weighted by Crippen LogP contribution is -2.02. The van der Waals surface area contributed by atoms with Gasteiger partial charge in [0.25, 0.3) is 0 Å². The molecule has 1 aromatic carbocycles. The molecule has 20 heavy (non-hydrogen) atoms. The second-order valence-corrected chi connectivity index (χ2v) is 4.52. The minimum Gasteiger partial charge on any atom is -0.465 e. The van der Waals surface area contributed by atoms with Crippen molar-refractivity contribution >= 4 is 29.2 Å². The van der Waals surface area contributed by atoms with Gasteiger partial charge in [0.05, 0.1) is 28.9 Å². The Kier molecular flexibility index (Phi) is 4.42. The van der Waals surface area contributed by atoms with Crippen molar-refractivity contribution in [2.75, 3.05) is 7.11 Å². The zero-order valence-electron chi connectivity index (χ0n) is 10.2. The summed E-state index contributed by atoms with van der Waals surface area (Å²) in [4.78, 5) is 15.2. The van der Waals surface area contributed by atoms with E-state index in [1.807, 2.05) is 0 Å². The Labute approximate surface area is 124 Å². The number of hydrogen-bond acceptors (Lipinski definition) is 4. The van der Waals surface area contributed by atoms with E-state index in [2.05, 4.69) is 9.72 Å². The Morgan fingerprint density at radius 1 is 1.20 bits per heavy atom. The summed E-state index contributed by atoms with van der Waals surface area (Å²) in [5.41, 5.74) is 0.208. The fraction of sp³-hybridized carbons (Fsp3) is 0.0769. The molecule has 0 bridgehead atoms. The molecule has 0 spiro atoms. The first-order valence-corrected chi connectivity index (χ1v) is 6.12. The molecule has 2 aromatic rings. The van der Waals surface area contributed by atoms with Crippen LogP contribution in [-0.4, -0.2) is 18.1 Å². The highest BCUT2D eigenvalue weighted by molar-refractivity contribution is 6.37. The van der Waals surface area contributed by atoms with Crippen molar-refractivity contribution in [1.29, 1.82) is 0 Å². The van der Waals surface area contributed by atoms with Crippen molar-refractivity contribution < 1.29 is 18.7 Å². The first-order valence-electron chi connectivity index (χ1n) is 5.37. The Bertz CT molecular complexity index is 641. The molecule has 7 heteroatoms. The number of halogens is 3. The summed E-state index contributed by atoms with van der Waals surface area (Å²) in [6, 6.07) is 3.55. The predicted molar refractivity (Wildman–Crippen MR) is 72.1 cm³/mol. The van der Waals surface area contributed by atoms with Crippen molar-refractivity contribution in [2.45, 2.75) is 0 Å². The van der Waals surface area contributed by atoms with E-state index in [9.17, 15) is 9.18 Å². The molecule has 1 aromatic heterocycles. The van der Waals surface area contributed by atoms with Crippen LogP contribution in [0, 0.1) is 5.82 Å². The summed E-state index contributed by atoms with van der Waals surface area (Å²) >= 11 is 11.7. The van der Waals surface area contributed by atoms with Crippen molar-refractivity contribution in [3.05, 3.63) is 52.0 Å². The summed E-state index contributed by atoms with van der Waals surface area (Å²) in [5, 5.41) is 0.0249. The molecule has 0 saturated heterocycles. The largest absolute Gasteiger partial charge is 0.465 e. The summed E-state index contributed by atoms with van der Waals surface area (Å²) in [6.45, 7) is 0. The average Bonchev–Trinajstić information content (AvgIpc) is 2.42. The van der Waals surface area contributed by atoms with Gasteiger partial charge in [0, 0.05) is 6.20 Å². The fourth-order valence-electron chi connectivity index (χ4n) is 1.45. The standard InChI is InChI=1S/C13H8Cl2FNO3/c1-19-13(18)7-2-9(6-17-5-7)20-12-10(14)3-8(16)4-11(12)15/h2-6H,1H3. The Balaban J connectivity index is 2.33. The van der Waals surface area contributed by atoms with Crippen LogP contribution in [0.1, 0.15) is 10.4 Å². The molecule has 1 heterocycles. The van der Waals surface area contributed by atoms with E-state index < -0.39 is 11.8 Å². The molecular weight excluding hydrogens is 308 g/mol. The number of hydrogen-bond donors (Lipinski definition) is 0. The molecule has 0 saturated carbocycles. The number of aromatic nitrogens is 1. The third-order valence-corrected chi connectivity index (χ3v) is 2.88. The van der Waals surface area contributed by atoms with Gasteiger partial charge in [0.1, 0.15) is 11.6 Å². The summed E-state index contributed by atoms with van der Waals surface area (Å²) < 4.78 is 23.1. The van der Waals surface area contributed by atoms with Crippen molar-refractivity contribution in [2.24, 2.45) is 0 Å². The lowest BCUT2D eigenvalue weighted by molar-refractivity contribution is 0.0600. The Morgan fingerprint density at radius 3 is 2.45 bits per heavy atom. The van der Waals surface area contributed by atoms with Gasteiger partial charge in [0.15, 0.2) is 5.75 Å². The second-order valence-electron chi connectivity index (χ2n) is 3.70. The number of pyridine rings is 1. The molecule has 2 rings (SSSR count). The Morgan fingerprint density at radius 2 is 1.85 bits per heavy atom. The van der Waals surface area contributed by atoms with Crippen LogP contribution < -0.4 is 4.74 Å². The van der Waals surface area contributed by atoms with Crippen LogP contribution in [0.5, 0.6) is 11.5 Å². The van der Waals surface area contributed by atoms with Crippen LogP contribution in [0.4, 0.5) is 4.39 Å². The van der Waals surface area contributed by atoms with Gasteiger partial charge in [-0.1, -0.05) is 23.2 Å². The quantitative estimate of drug-likeness (QED) is 0.800. The van der Waals surface area contributed by atoms with Crippen LogP contribution in [0.15, 0.2) is 30.6 Å². The number of methoxy groups -OCH3 is 1. The van der Waals surface area contributed by atoms with E-state index in [1.165, 1.54) is 25.6 Å². The first-order chi connectivity index (χ1) is 9.51. The predicted octanol–water partition coefficient (Wildman–Crippen LogP) is 4.11. The molecular formula is C13H8Cl2FNO3. The van der Waals surface area contributed by atoms with E-state index >= 15 is 0 Å². The van der Waals surface area contributed by atoms with Gasteiger partial charge in [-0.25, -0.2) is 9.18 Å². The normalized spacial score (nSPS) is 10.2. The number of carbonyl (C=O) groups excluding carboxylic acids is 1. The van der Waals surface area contributed by atoms with Gasteiger partial charge < -0.3 is 9.47 Å². The molecule has 0 aliphatic heterocycles. The smallest absolute Gasteiger partial charge is 0.339 e. The van der Waals surface area contributed by atoms with Crippen molar-refractivity contribution in [3.63, 3.8) is 0 Å². The maximum absolute atomic E-state index is 13.1. The fourth-order valence-corrected chi connectivity index (χ4v) is 1.99. The number of benzene rings is 1. The maximum atomic E-state index is 13.1. The highest BCUT2D eigenvalue weighted by Crippen LogP contribution is 2.36. The minimum atomic E-state index is -0.575. The summed E-state index contributed by atoms with van der Waals surface area (Å²) in [6.07, 6.45) is 2.69. The van der Waals surface area contributed by atoms with Gasteiger partial charge >= 0.3 is 5.97 Å². The lowest BCUT2D eigenvalue weighted by atomic mass is 10.3. The number of rotatable bonds is 3. The molecule has 0 amide bonds. The van der Waals surface area contributed by atoms with Crippen molar-refractivity contribution in [1.82, 2.24) is 4.98 Å². The van der Waals surface area contributed by atoms with E-state index in [0.29, 0.717) is 0 Å². The third-order valence-electron chi connectivity index (χ3n) is 2.32. The van der Waals surface area contributed by atoms with Gasteiger partial charge in [-0.15, -0.1) is 0 Å².